The van der Waals surface area contributed by atoms with Crippen molar-refractivity contribution in [3.05, 3.63) is 53.1 Å². The number of benzene rings is 1. The van der Waals surface area contributed by atoms with Gasteiger partial charge in [-0.2, -0.15) is 4.68 Å². The summed E-state index contributed by atoms with van der Waals surface area (Å²) in [6, 6.07) is 8.02. The van der Waals surface area contributed by atoms with Gasteiger partial charge in [0.25, 0.3) is 0 Å². The zero-order valence-corrected chi connectivity index (χ0v) is 17.0. The van der Waals surface area contributed by atoms with Gasteiger partial charge in [0, 0.05) is 24.1 Å². The summed E-state index contributed by atoms with van der Waals surface area (Å²) in [6.45, 7) is 6.54. The number of aryl methyl sites for hydroxylation is 1. The zero-order valence-electron chi connectivity index (χ0n) is 16.2. The number of ketones is 1. The molecular weight excluding hydrogens is 381 g/mol. The first-order valence-corrected chi connectivity index (χ1v) is 9.78. The summed E-state index contributed by atoms with van der Waals surface area (Å²) in [4.78, 5) is 12.8. The van der Waals surface area contributed by atoms with Crippen LogP contribution < -0.4 is 0 Å². The molecule has 7 nitrogen and oxygen atoms in total. The molecule has 1 aromatic carbocycles. The SMILES string of the molecule is COC[C@H](C)n1c(C)cc(C(=O)CSc2nnnn2-c2cccc(F)c2)c1C. The molecule has 0 aliphatic carbocycles. The molecule has 3 rings (SSSR count). The number of hydrogen-bond acceptors (Lipinski definition) is 6. The maximum Gasteiger partial charge on any atom is 0.214 e. The minimum atomic E-state index is -0.377. The highest BCUT2D eigenvalue weighted by Crippen LogP contribution is 2.24. The molecule has 0 saturated carbocycles. The van der Waals surface area contributed by atoms with Gasteiger partial charge in [0.1, 0.15) is 5.82 Å². The van der Waals surface area contributed by atoms with Crippen LogP contribution in [0.2, 0.25) is 0 Å². The molecule has 0 saturated heterocycles. The van der Waals surface area contributed by atoms with Gasteiger partial charge >= 0.3 is 0 Å². The van der Waals surface area contributed by atoms with Crippen molar-refractivity contribution in [3.63, 3.8) is 0 Å². The number of tetrazole rings is 1. The molecule has 0 bridgehead atoms. The van der Waals surface area contributed by atoms with E-state index in [1.54, 1.807) is 19.2 Å². The Balaban J connectivity index is 1.76. The first kappa shape index (κ1) is 20.2. The fourth-order valence-corrected chi connectivity index (χ4v) is 4.07. The quantitative estimate of drug-likeness (QED) is 0.424. The lowest BCUT2D eigenvalue weighted by Crippen LogP contribution is -2.14. The Kier molecular flexibility index (Phi) is 6.25. The Morgan fingerprint density at radius 3 is 2.82 bits per heavy atom. The number of carbonyl (C=O) groups is 1. The van der Waals surface area contributed by atoms with E-state index in [0.29, 0.717) is 23.0 Å². The molecule has 0 unspecified atom stereocenters. The van der Waals surface area contributed by atoms with Crippen molar-refractivity contribution in [1.29, 1.82) is 0 Å². The molecule has 0 N–H and O–H groups in total. The summed E-state index contributed by atoms with van der Waals surface area (Å²) in [5, 5.41) is 11.9. The maximum absolute atomic E-state index is 13.5. The molecule has 0 radical (unpaired) electrons. The van der Waals surface area contributed by atoms with E-state index >= 15 is 0 Å². The Labute approximate surface area is 166 Å². The van der Waals surface area contributed by atoms with E-state index in [1.165, 1.54) is 28.6 Å². The van der Waals surface area contributed by atoms with Crippen LogP contribution in [-0.4, -0.2) is 50.0 Å². The van der Waals surface area contributed by atoms with Crippen molar-refractivity contribution >= 4 is 17.5 Å². The molecule has 3 aromatic rings. The first-order valence-electron chi connectivity index (χ1n) is 8.80. The van der Waals surface area contributed by atoms with E-state index in [9.17, 15) is 9.18 Å². The summed E-state index contributed by atoms with van der Waals surface area (Å²) in [5.74, 6) is -0.209. The monoisotopic (exact) mass is 403 g/mol. The van der Waals surface area contributed by atoms with Gasteiger partial charge in [-0.15, -0.1) is 5.10 Å². The van der Waals surface area contributed by atoms with Crippen molar-refractivity contribution in [2.45, 2.75) is 32.0 Å². The van der Waals surface area contributed by atoms with Gasteiger partial charge in [0.2, 0.25) is 5.16 Å². The van der Waals surface area contributed by atoms with Gasteiger partial charge in [0.15, 0.2) is 5.78 Å². The molecule has 9 heteroatoms. The topological polar surface area (TPSA) is 74.8 Å². The first-order chi connectivity index (χ1) is 13.4. The van der Waals surface area contributed by atoms with Gasteiger partial charge in [-0.25, -0.2) is 4.39 Å². The van der Waals surface area contributed by atoms with Crippen LogP contribution >= 0.6 is 11.8 Å². The van der Waals surface area contributed by atoms with E-state index in [0.717, 1.165) is 11.4 Å². The number of Topliss-reactive ketones (excluding diaryl/α,β-unsaturated/α-hetero) is 1. The molecule has 28 heavy (non-hydrogen) atoms. The highest BCUT2D eigenvalue weighted by Gasteiger charge is 2.20. The van der Waals surface area contributed by atoms with Gasteiger partial charge in [0.05, 0.1) is 24.1 Å². The van der Waals surface area contributed by atoms with Crippen molar-refractivity contribution in [3.8, 4) is 5.69 Å². The van der Waals surface area contributed by atoms with E-state index in [2.05, 4.69) is 27.0 Å². The summed E-state index contributed by atoms with van der Waals surface area (Å²) in [6.07, 6.45) is 0. The molecule has 2 aromatic heterocycles. The Bertz CT molecular complexity index is 985. The summed E-state index contributed by atoms with van der Waals surface area (Å²) in [7, 11) is 1.66. The van der Waals surface area contributed by atoms with E-state index in [4.69, 9.17) is 4.74 Å². The summed E-state index contributed by atoms with van der Waals surface area (Å²) in [5.41, 5.74) is 3.11. The Morgan fingerprint density at radius 2 is 2.11 bits per heavy atom. The fourth-order valence-electron chi connectivity index (χ4n) is 3.30. The van der Waals surface area contributed by atoms with E-state index in [1.807, 2.05) is 19.9 Å². The highest BCUT2D eigenvalue weighted by atomic mass is 32.2. The molecule has 0 spiro atoms. The smallest absolute Gasteiger partial charge is 0.214 e. The second kappa shape index (κ2) is 8.66. The van der Waals surface area contributed by atoms with Crippen LogP contribution in [0, 0.1) is 19.7 Å². The number of ether oxygens (including phenoxy) is 1. The van der Waals surface area contributed by atoms with Crippen LogP contribution in [0.4, 0.5) is 4.39 Å². The molecule has 148 valence electrons. The normalized spacial score (nSPS) is 12.3. The lowest BCUT2D eigenvalue weighted by Gasteiger charge is -2.17. The second-order valence-electron chi connectivity index (χ2n) is 6.52. The van der Waals surface area contributed by atoms with Crippen LogP contribution in [-0.2, 0) is 4.74 Å². The third-order valence-electron chi connectivity index (χ3n) is 4.46. The number of halogens is 1. The third-order valence-corrected chi connectivity index (χ3v) is 5.38. The lowest BCUT2D eigenvalue weighted by molar-refractivity contribution is 0.102. The maximum atomic E-state index is 13.5. The minimum Gasteiger partial charge on any atom is -0.383 e. The third kappa shape index (κ3) is 4.15. The summed E-state index contributed by atoms with van der Waals surface area (Å²) >= 11 is 1.22. The fraction of sp³-hybridized carbons (Fsp3) is 0.368. The molecule has 0 aliphatic rings. The van der Waals surface area contributed by atoms with Crippen molar-refractivity contribution in [2.24, 2.45) is 0 Å². The van der Waals surface area contributed by atoms with Crippen LogP contribution in [0.15, 0.2) is 35.5 Å². The number of thioether (sulfide) groups is 1. The average Bonchev–Trinajstić information content (AvgIpc) is 3.24. The Morgan fingerprint density at radius 1 is 1.32 bits per heavy atom. The number of nitrogens with zero attached hydrogens (tertiary/aromatic N) is 5. The van der Waals surface area contributed by atoms with Gasteiger partial charge in [-0.05, 0) is 55.5 Å². The highest BCUT2D eigenvalue weighted by molar-refractivity contribution is 7.99. The standard InChI is InChI=1S/C19H22FN5O2S/c1-12-8-17(14(3)24(12)13(2)10-27-4)18(26)11-28-19-21-22-23-25(19)16-7-5-6-15(20)9-16/h5-9,13H,10-11H2,1-4H3/t13-/m0/s1. The predicted octanol–water partition coefficient (Wildman–Crippen LogP) is 3.40. The molecule has 0 aliphatic heterocycles. The van der Waals surface area contributed by atoms with Gasteiger partial charge < -0.3 is 9.30 Å². The average molecular weight is 403 g/mol. The molecule has 2 heterocycles. The van der Waals surface area contributed by atoms with Crippen LogP contribution in [0.1, 0.15) is 34.7 Å². The van der Waals surface area contributed by atoms with Gasteiger partial charge in [-0.1, -0.05) is 17.8 Å². The molecule has 0 amide bonds. The molecule has 1 atom stereocenters. The molecule has 0 fully saturated rings. The van der Waals surface area contributed by atoms with Crippen LogP contribution in [0.25, 0.3) is 5.69 Å². The van der Waals surface area contributed by atoms with Crippen molar-refractivity contribution in [1.82, 2.24) is 24.8 Å². The zero-order chi connectivity index (χ0) is 20.3. The predicted molar refractivity (Wildman–Crippen MR) is 105 cm³/mol. The van der Waals surface area contributed by atoms with Crippen molar-refractivity contribution < 1.29 is 13.9 Å². The number of hydrogen-bond donors (Lipinski definition) is 0. The van der Waals surface area contributed by atoms with E-state index < -0.39 is 0 Å². The van der Waals surface area contributed by atoms with Crippen LogP contribution in [0.3, 0.4) is 0 Å². The summed E-state index contributed by atoms with van der Waals surface area (Å²) < 4.78 is 22.2. The van der Waals surface area contributed by atoms with Crippen LogP contribution in [0.5, 0.6) is 0 Å². The molecular formula is C19H22FN5O2S. The number of carbonyl (C=O) groups excluding carboxylic acids is 1. The Hall–Kier alpha value is -2.52. The van der Waals surface area contributed by atoms with Gasteiger partial charge in [-0.3, -0.25) is 4.79 Å². The lowest BCUT2D eigenvalue weighted by atomic mass is 10.2. The van der Waals surface area contributed by atoms with Crippen molar-refractivity contribution in [2.75, 3.05) is 19.5 Å². The largest absolute Gasteiger partial charge is 0.383 e. The number of methoxy groups -OCH3 is 1. The second-order valence-corrected chi connectivity index (χ2v) is 7.47. The number of rotatable bonds is 8. The number of aromatic nitrogens is 5. The minimum absolute atomic E-state index is 0.0113. The van der Waals surface area contributed by atoms with E-state index in [-0.39, 0.29) is 23.4 Å².